The molecule has 3 aromatic rings. The third-order valence-electron chi connectivity index (χ3n) is 7.50. The van der Waals surface area contributed by atoms with Crippen LogP contribution < -0.4 is 4.74 Å². The molecule has 0 bridgehead atoms. The van der Waals surface area contributed by atoms with E-state index in [9.17, 15) is 14.7 Å². The zero-order valence-corrected chi connectivity index (χ0v) is 22.1. The number of nitrogens with zero attached hydrogens (tertiary/aromatic N) is 2. The molecule has 7 heteroatoms. The van der Waals surface area contributed by atoms with E-state index in [-0.39, 0.29) is 18.4 Å². The molecule has 1 aromatic heterocycles. The molecule has 4 rings (SSSR count). The Morgan fingerprint density at radius 2 is 1.70 bits per heavy atom. The van der Waals surface area contributed by atoms with E-state index in [1.807, 2.05) is 53.4 Å². The van der Waals surface area contributed by atoms with E-state index in [1.165, 1.54) is 0 Å². The van der Waals surface area contributed by atoms with E-state index in [1.54, 1.807) is 13.4 Å². The lowest BCUT2D eigenvalue weighted by atomic mass is 9.82. The van der Waals surface area contributed by atoms with Crippen molar-refractivity contribution >= 4 is 22.8 Å². The molecule has 1 aliphatic heterocycles. The molecule has 2 heterocycles. The Balaban J connectivity index is 1.69. The van der Waals surface area contributed by atoms with Crippen LogP contribution in [0.2, 0.25) is 0 Å². The number of hydrogen-bond donors (Lipinski definition) is 1. The number of amides is 1. The lowest BCUT2D eigenvalue weighted by molar-refractivity contribution is -0.144. The molecule has 3 unspecified atom stereocenters. The highest BCUT2D eigenvalue weighted by Crippen LogP contribution is 2.46. The predicted octanol–water partition coefficient (Wildman–Crippen LogP) is 5.71. The van der Waals surface area contributed by atoms with Crippen molar-refractivity contribution in [3.63, 3.8) is 0 Å². The van der Waals surface area contributed by atoms with Crippen LogP contribution in [-0.4, -0.2) is 60.1 Å². The van der Waals surface area contributed by atoms with Gasteiger partial charge in [-0.05, 0) is 48.2 Å². The van der Waals surface area contributed by atoms with Crippen LogP contribution in [0.15, 0.2) is 59.2 Å². The first kappa shape index (κ1) is 26.7. The van der Waals surface area contributed by atoms with Crippen molar-refractivity contribution < 1.29 is 23.8 Å². The molecule has 37 heavy (non-hydrogen) atoms. The van der Waals surface area contributed by atoms with Gasteiger partial charge in [0.15, 0.2) is 0 Å². The van der Waals surface area contributed by atoms with Crippen molar-refractivity contribution in [3.05, 3.63) is 65.9 Å². The molecule has 7 nitrogen and oxygen atoms in total. The summed E-state index contributed by atoms with van der Waals surface area (Å²) in [5, 5.41) is 11.5. The first-order valence-electron chi connectivity index (χ1n) is 13.3. The van der Waals surface area contributed by atoms with Crippen molar-refractivity contribution in [2.45, 2.75) is 51.5 Å². The summed E-state index contributed by atoms with van der Waals surface area (Å²) in [6.07, 6.45) is 5.60. The van der Waals surface area contributed by atoms with Gasteiger partial charge in [0.2, 0.25) is 5.91 Å². The molecule has 0 saturated carbocycles. The van der Waals surface area contributed by atoms with Crippen LogP contribution >= 0.6 is 0 Å². The fraction of sp³-hybridized carbons (Fsp3) is 0.467. The van der Waals surface area contributed by atoms with Crippen molar-refractivity contribution in [2.24, 2.45) is 5.92 Å². The molecule has 0 spiro atoms. The summed E-state index contributed by atoms with van der Waals surface area (Å²) in [5.41, 5.74) is 2.52. The van der Waals surface area contributed by atoms with Crippen molar-refractivity contribution in [2.75, 3.05) is 33.3 Å². The van der Waals surface area contributed by atoms with Crippen LogP contribution in [0.4, 0.5) is 0 Å². The molecule has 1 N–H and O–H groups in total. The number of ether oxygens (including phenoxy) is 1. The van der Waals surface area contributed by atoms with E-state index in [2.05, 4.69) is 18.7 Å². The third-order valence-corrected chi connectivity index (χ3v) is 7.50. The molecule has 1 saturated heterocycles. The Kier molecular flexibility index (Phi) is 8.87. The minimum absolute atomic E-state index is 0.0617. The monoisotopic (exact) mass is 506 g/mol. The largest absolute Gasteiger partial charge is 0.497 e. The standard InChI is InChI=1S/C30H38N2O5/c1-4-6-15-31(16-7-5-2)27(33)20-32-19-25(23-9-8-21-14-17-37-26(21)18-23)28(30(34)35)29(32)22-10-12-24(36-3)13-11-22/h8-14,17-18,25,28-29H,4-7,15-16,19-20H2,1-3H3,(H,34,35). The highest BCUT2D eigenvalue weighted by molar-refractivity contribution is 5.80. The second kappa shape index (κ2) is 12.3. The Morgan fingerprint density at radius 1 is 1.03 bits per heavy atom. The summed E-state index contributed by atoms with van der Waals surface area (Å²) in [6, 6.07) is 14.9. The first-order valence-corrected chi connectivity index (χ1v) is 13.3. The normalized spacial score (nSPS) is 19.8. The number of carboxylic acids is 1. The summed E-state index contributed by atoms with van der Waals surface area (Å²) in [4.78, 5) is 30.3. The summed E-state index contributed by atoms with van der Waals surface area (Å²) < 4.78 is 10.9. The predicted molar refractivity (Wildman–Crippen MR) is 144 cm³/mol. The number of hydrogen-bond acceptors (Lipinski definition) is 5. The van der Waals surface area contributed by atoms with Gasteiger partial charge in [0.25, 0.3) is 0 Å². The maximum Gasteiger partial charge on any atom is 0.309 e. The second-order valence-electron chi connectivity index (χ2n) is 9.92. The van der Waals surface area contributed by atoms with E-state index in [0.29, 0.717) is 12.3 Å². The van der Waals surface area contributed by atoms with Gasteiger partial charge in [-0.3, -0.25) is 14.5 Å². The number of likely N-dealkylation sites (tertiary alicyclic amines) is 1. The third kappa shape index (κ3) is 5.99. The number of aliphatic carboxylic acids is 1. The van der Waals surface area contributed by atoms with Crippen LogP contribution in [0, 0.1) is 5.92 Å². The van der Waals surface area contributed by atoms with Crippen LogP contribution in [0.1, 0.15) is 62.6 Å². The average molecular weight is 507 g/mol. The quantitative estimate of drug-likeness (QED) is 0.339. The second-order valence-corrected chi connectivity index (χ2v) is 9.92. The van der Waals surface area contributed by atoms with Gasteiger partial charge in [-0.15, -0.1) is 0 Å². The minimum atomic E-state index is -0.867. The maximum atomic E-state index is 13.5. The summed E-state index contributed by atoms with van der Waals surface area (Å²) in [7, 11) is 1.61. The molecule has 1 fully saturated rings. The highest BCUT2D eigenvalue weighted by atomic mass is 16.5. The molecule has 1 amide bonds. The number of carbonyl (C=O) groups is 2. The summed E-state index contributed by atoms with van der Waals surface area (Å²) >= 11 is 0. The Hall–Kier alpha value is -3.32. The van der Waals surface area contributed by atoms with Crippen LogP contribution in [0.5, 0.6) is 5.75 Å². The molecule has 0 radical (unpaired) electrons. The van der Waals surface area contributed by atoms with E-state index < -0.39 is 17.9 Å². The van der Waals surface area contributed by atoms with Gasteiger partial charge in [-0.2, -0.15) is 0 Å². The summed E-state index contributed by atoms with van der Waals surface area (Å²) in [6.45, 7) is 6.38. The fourth-order valence-electron chi connectivity index (χ4n) is 5.46. The molecular formula is C30H38N2O5. The number of carboxylic acid groups (broad SMARTS) is 1. The van der Waals surface area contributed by atoms with E-state index in [4.69, 9.17) is 9.15 Å². The minimum Gasteiger partial charge on any atom is -0.497 e. The van der Waals surface area contributed by atoms with Gasteiger partial charge in [0, 0.05) is 37.0 Å². The van der Waals surface area contributed by atoms with Gasteiger partial charge in [-0.1, -0.05) is 51.0 Å². The van der Waals surface area contributed by atoms with Gasteiger partial charge in [0.1, 0.15) is 11.3 Å². The lowest BCUT2D eigenvalue weighted by Crippen LogP contribution is -2.42. The van der Waals surface area contributed by atoms with Gasteiger partial charge < -0.3 is 19.2 Å². The van der Waals surface area contributed by atoms with Gasteiger partial charge in [0.05, 0.1) is 25.8 Å². The summed E-state index contributed by atoms with van der Waals surface area (Å²) in [5.74, 6) is -1.10. The smallest absolute Gasteiger partial charge is 0.309 e. The maximum absolute atomic E-state index is 13.5. The molecule has 0 aliphatic carbocycles. The first-order chi connectivity index (χ1) is 18.0. The highest BCUT2D eigenvalue weighted by Gasteiger charge is 2.48. The number of benzene rings is 2. The van der Waals surface area contributed by atoms with Crippen molar-refractivity contribution in [1.29, 1.82) is 0 Å². The number of methoxy groups -OCH3 is 1. The molecule has 3 atom stereocenters. The topological polar surface area (TPSA) is 83.2 Å². The fourth-order valence-corrected chi connectivity index (χ4v) is 5.46. The zero-order chi connectivity index (χ0) is 26.4. The van der Waals surface area contributed by atoms with Gasteiger partial charge in [-0.25, -0.2) is 0 Å². The number of carbonyl (C=O) groups excluding carboxylic acids is 1. The molecule has 1 aliphatic rings. The number of furan rings is 1. The molecule has 198 valence electrons. The molecular weight excluding hydrogens is 468 g/mol. The van der Waals surface area contributed by atoms with E-state index in [0.717, 1.165) is 60.9 Å². The SMILES string of the molecule is CCCCN(CCCC)C(=O)CN1CC(c2ccc3ccoc3c2)C(C(=O)O)C1c1ccc(OC)cc1. The van der Waals surface area contributed by atoms with Crippen molar-refractivity contribution in [1.82, 2.24) is 9.80 Å². The van der Waals surface area contributed by atoms with Crippen LogP contribution in [-0.2, 0) is 9.59 Å². The van der Waals surface area contributed by atoms with Crippen molar-refractivity contribution in [3.8, 4) is 5.75 Å². The Labute approximate surface area is 219 Å². The average Bonchev–Trinajstić information content (AvgIpc) is 3.53. The lowest BCUT2D eigenvalue weighted by Gasteiger charge is -2.30. The number of fused-ring (bicyclic) bond motifs is 1. The Bertz CT molecular complexity index is 1180. The van der Waals surface area contributed by atoms with Crippen LogP contribution in [0.3, 0.4) is 0 Å². The Morgan fingerprint density at radius 3 is 2.32 bits per heavy atom. The van der Waals surface area contributed by atoms with Gasteiger partial charge >= 0.3 is 5.97 Å². The van der Waals surface area contributed by atoms with Crippen LogP contribution in [0.25, 0.3) is 11.0 Å². The van der Waals surface area contributed by atoms with E-state index >= 15 is 0 Å². The zero-order valence-electron chi connectivity index (χ0n) is 22.1. The number of unbranched alkanes of at least 4 members (excludes halogenated alkanes) is 2. The molecule has 2 aromatic carbocycles. The number of rotatable bonds is 12.